The first-order valence-electron chi connectivity index (χ1n) is 10.4. The van der Waals surface area contributed by atoms with E-state index < -0.39 is 0 Å². The number of carbonyl (C=O) groups excluding carboxylic acids is 2. The summed E-state index contributed by atoms with van der Waals surface area (Å²) in [5.74, 6) is 0.323. The number of aromatic nitrogens is 1. The molecule has 2 amide bonds. The van der Waals surface area contributed by atoms with Crippen LogP contribution in [0.3, 0.4) is 0 Å². The smallest absolute Gasteiger partial charge is 0.227 e. The van der Waals surface area contributed by atoms with Crippen molar-refractivity contribution in [1.82, 2.24) is 14.8 Å². The first-order valence-corrected chi connectivity index (χ1v) is 10.4. The minimum absolute atomic E-state index is 0.0515. The average Bonchev–Trinajstić information content (AvgIpc) is 3.17. The Hall–Kier alpha value is -2.34. The molecule has 2 aliphatic heterocycles. The third kappa shape index (κ3) is 4.22. The molecule has 1 aromatic heterocycles. The molecule has 2 saturated heterocycles. The third-order valence-corrected chi connectivity index (χ3v) is 5.96. The van der Waals surface area contributed by atoms with E-state index in [-0.39, 0.29) is 17.7 Å². The number of benzene rings is 1. The van der Waals surface area contributed by atoms with Gasteiger partial charge in [-0.15, -0.1) is 0 Å². The van der Waals surface area contributed by atoms with Crippen molar-refractivity contribution in [3.05, 3.63) is 36.0 Å². The van der Waals surface area contributed by atoms with Gasteiger partial charge in [-0.2, -0.15) is 0 Å². The van der Waals surface area contributed by atoms with Gasteiger partial charge in [0.15, 0.2) is 0 Å². The van der Waals surface area contributed by atoms with Gasteiger partial charge >= 0.3 is 0 Å². The highest BCUT2D eigenvalue weighted by atomic mass is 16.5. The van der Waals surface area contributed by atoms with Crippen LogP contribution in [0.1, 0.15) is 31.2 Å². The Morgan fingerprint density at radius 3 is 2.79 bits per heavy atom. The predicted octanol–water partition coefficient (Wildman–Crippen LogP) is 2.59. The van der Waals surface area contributed by atoms with Crippen molar-refractivity contribution in [3.63, 3.8) is 0 Å². The van der Waals surface area contributed by atoms with E-state index in [1.807, 2.05) is 28.1 Å². The van der Waals surface area contributed by atoms with Crippen molar-refractivity contribution in [2.45, 2.75) is 32.1 Å². The Balaban J connectivity index is 1.27. The summed E-state index contributed by atoms with van der Waals surface area (Å²) in [4.78, 5) is 32.6. The van der Waals surface area contributed by atoms with Gasteiger partial charge in [0.1, 0.15) is 0 Å². The zero-order chi connectivity index (χ0) is 19.3. The molecule has 4 rings (SSSR count). The highest BCUT2D eigenvalue weighted by molar-refractivity contribution is 5.83. The van der Waals surface area contributed by atoms with Gasteiger partial charge in [0.2, 0.25) is 11.8 Å². The van der Waals surface area contributed by atoms with Crippen molar-refractivity contribution in [2.75, 3.05) is 39.4 Å². The molecule has 2 aromatic rings. The zero-order valence-electron chi connectivity index (χ0n) is 16.4. The lowest BCUT2D eigenvalue weighted by Gasteiger charge is -2.36. The lowest BCUT2D eigenvalue weighted by Crippen LogP contribution is -2.49. The molecule has 1 N–H and O–H groups in total. The average molecular weight is 383 g/mol. The van der Waals surface area contributed by atoms with E-state index in [4.69, 9.17) is 4.74 Å². The molecule has 2 aliphatic rings. The van der Waals surface area contributed by atoms with Crippen LogP contribution in [0, 0.1) is 5.92 Å². The Labute approximate surface area is 165 Å². The van der Waals surface area contributed by atoms with Crippen molar-refractivity contribution >= 4 is 22.7 Å². The number of rotatable bonds is 5. The number of H-pyrrole nitrogens is 1. The largest absolute Gasteiger partial charge is 0.378 e. The molecule has 0 aliphatic carbocycles. The van der Waals surface area contributed by atoms with Gasteiger partial charge in [0.25, 0.3) is 0 Å². The molecule has 0 saturated carbocycles. The molecule has 6 nitrogen and oxygen atoms in total. The molecule has 150 valence electrons. The molecule has 1 unspecified atom stereocenters. The first-order chi connectivity index (χ1) is 13.7. The predicted molar refractivity (Wildman–Crippen MR) is 108 cm³/mol. The maximum atomic E-state index is 12.7. The molecule has 1 atom stereocenters. The fourth-order valence-electron chi connectivity index (χ4n) is 4.37. The standard InChI is InChI=1S/C22H29N3O3/c26-21(9-3-5-17-15-23-20-8-2-1-7-19(17)20)25-10-4-6-18(16-25)22(27)24-11-13-28-14-12-24/h1-2,7-8,15,18,23H,3-6,9-14,16H2. The van der Waals surface area contributed by atoms with E-state index >= 15 is 0 Å². The number of carbonyl (C=O) groups is 2. The van der Waals surface area contributed by atoms with E-state index in [1.165, 1.54) is 10.9 Å². The summed E-state index contributed by atoms with van der Waals surface area (Å²) in [6.45, 7) is 3.94. The Morgan fingerprint density at radius 2 is 1.93 bits per heavy atom. The lowest BCUT2D eigenvalue weighted by molar-refractivity contribution is -0.144. The molecular weight excluding hydrogens is 354 g/mol. The fraction of sp³-hybridized carbons (Fsp3) is 0.545. The van der Waals surface area contributed by atoms with Crippen LogP contribution >= 0.6 is 0 Å². The van der Waals surface area contributed by atoms with Crippen molar-refractivity contribution in [2.24, 2.45) is 5.92 Å². The van der Waals surface area contributed by atoms with Crippen LogP contribution in [0.5, 0.6) is 0 Å². The first kappa shape index (κ1) is 19.0. The number of ether oxygens (including phenoxy) is 1. The number of para-hydroxylation sites is 1. The van der Waals surface area contributed by atoms with Crippen LogP contribution in [0.25, 0.3) is 10.9 Å². The van der Waals surface area contributed by atoms with E-state index in [0.29, 0.717) is 39.3 Å². The molecule has 0 spiro atoms. The zero-order valence-corrected chi connectivity index (χ0v) is 16.4. The number of nitrogens with one attached hydrogen (secondary N) is 1. The second-order valence-corrected chi connectivity index (χ2v) is 7.83. The minimum atomic E-state index is -0.0515. The summed E-state index contributed by atoms with van der Waals surface area (Å²) in [5, 5.41) is 1.24. The Morgan fingerprint density at radius 1 is 1.11 bits per heavy atom. The second kappa shape index (κ2) is 8.78. The van der Waals surface area contributed by atoms with Crippen molar-refractivity contribution in [3.8, 4) is 0 Å². The number of hydrogen-bond donors (Lipinski definition) is 1. The molecule has 1 aromatic carbocycles. The second-order valence-electron chi connectivity index (χ2n) is 7.83. The molecule has 6 heteroatoms. The van der Waals surface area contributed by atoms with Gasteiger partial charge in [0, 0.05) is 49.7 Å². The van der Waals surface area contributed by atoms with E-state index in [9.17, 15) is 9.59 Å². The Bertz CT molecular complexity index is 825. The van der Waals surface area contributed by atoms with Crippen molar-refractivity contribution in [1.29, 1.82) is 0 Å². The fourth-order valence-corrected chi connectivity index (χ4v) is 4.37. The normalized spacial score (nSPS) is 20.5. The molecule has 0 radical (unpaired) electrons. The summed E-state index contributed by atoms with van der Waals surface area (Å²) < 4.78 is 5.34. The monoisotopic (exact) mass is 383 g/mol. The number of likely N-dealkylation sites (tertiary alicyclic amines) is 1. The number of nitrogens with zero attached hydrogens (tertiary/aromatic N) is 2. The number of aryl methyl sites for hydroxylation is 1. The number of fused-ring (bicyclic) bond motifs is 1. The summed E-state index contributed by atoms with van der Waals surface area (Å²) in [6, 6.07) is 8.26. The number of piperidine rings is 1. The molecule has 2 fully saturated rings. The van der Waals surface area contributed by atoms with Gasteiger partial charge in [0.05, 0.1) is 19.1 Å². The maximum absolute atomic E-state index is 12.7. The maximum Gasteiger partial charge on any atom is 0.227 e. The highest BCUT2D eigenvalue weighted by Crippen LogP contribution is 2.22. The number of hydrogen-bond acceptors (Lipinski definition) is 3. The van der Waals surface area contributed by atoms with E-state index in [1.54, 1.807) is 0 Å². The van der Waals surface area contributed by atoms with Gasteiger partial charge in [-0.1, -0.05) is 18.2 Å². The molecule has 3 heterocycles. The van der Waals surface area contributed by atoms with Crippen LogP contribution in [0.15, 0.2) is 30.5 Å². The molecular formula is C22H29N3O3. The van der Waals surface area contributed by atoms with Crippen LogP contribution in [-0.4, -0.2) is 66.0 Å². The highest BCUT2D eigenvalue weighted by Gasteiger charge is 2.31. The van der Waals surface area contributed by atoms with Crippen LogP contribution in [0.4, 0.5) is 0 Å². The van der Waals surface area contributed by atoms with E-state index in [0.717, 1.165) is 37.7 Å². The van der Waals surface area contributed by atoms with Gasteiger partial charge in [-0.3, -0.25) is 9.59 Å². The van der Waals surface area contributed by atoms with Crippen LogP contribution in [-0.2, 0) is 20.7 Å². The number of aromatic amines is 1. The summed E-state index contributed by atoms with van der Waals surface area (Å²) >= 11 is 0. The molecule has 28 heavy (non-hydrogen) atoms. The quantitative estimate of drug-likeness (QED) is 0.863. The van der Waals surface area contributed by atoms with Crippen LogP contribution < -0.4 is 0 Å². The third-order valence-electron chi connectivity index (χ3n) is 5.96. The summed E-state index contributed by atoms with van der Waals surface area (Å²) in [7, 11) is 0. The molecule has 0 bridgehead atoms. The van der Waals surface area contributed by atoms with Gasteiger partial charge in [-0.05, 0) is 37.3 Å². The van der Waals surface area contributed by atoms with Gasteiger partial charge in [-0.25, -0.2) is 0 Å². The van der Waals surface area contributed by atoms with Crippen LogP contribution in [0.2, 0.25) is 0 Å². The lowest BCUT2D eigenvalue weighted by atomic mass is 9.95. The summed E-state index contributed by atoms with van der Waals surface area (Å²) in [5.41, 5.74) is 2.41. The SMILES string of the molecule is O=C(CCCc1c[nH]c2ccccc12)N1CCCC(C(=O)N2CCOCC2)C1. The Kier molecular flexibility index (Phi) is 5.95. The topological polar surface area (TPSA) is 65.6 Å². The van der Waals surface area contributed by atoms with Gasteiger partial charge < -0.3 is 19.5 Å². The van der Waals surface area contributed by atoms with E-state index in [2.05, 4.69) is 17.1 Å². The number of morpholine rings is 1. The van der Waals surface area contributed by atoms with Crippen molar-refractivity contribution < 1.29 is 14.3 Å². The number of amides is 2. The summed E-state index contributed by atoms with van der Waals surface area (Å²) in [6.07, 6.45) is 6.11. The minimum Gasteiger partial charge on any atom is -0.378 e.